The van der Waals surface area contributed by atoms with Gasteiger partial charge in [0.05, 0.1) is 6.54 Å². The number of hydrogen-bond acceptors (Lipinski definition) is 4. The van der Waals surface area contributed by atoms with Crippen molar-refractivity contribution in [2.24, 2.45) is 0 Å². The topological polar surface area (TPSA) is 52.6 Å². The number of rotatable bonds is 5. The number of nitrogens with one attached hydrogen (secondary N) is 1. The Labute approximate surface area is 145 Å². The van der Waals surface area contributed by atoms with Crippen LogP contribution in [0, 0.1) is 0 Å². The maximum Gasteiger partial charge on any atom is 0.244 e. The molecule has 1 saturated heterocycles. The Balaban J connectivity index is 1.75. The molecule has 0 radical (unpaired) electrons. The van der Waals surface area contributed by atoms with Gasteiger partial charge in [-0.2, -0.15) is 0 Å². The summed E-state index contributed by atoms with van der Waals surface area (Å²) in [5.74, 6) is -0.337. The summed E-state index contributed by atoms with van der Waals surface area (Å²) in [4.78, 5) is 25.6. The highest BCUT2D eigenvalue weighted by Crippen LogP contribution is 2.12. The summed E-state index contributed by atoms with van der Waals surface area (Å²) in [6.45, 7) is 3.14. The van der Waals surface area contributed by atoms with Gasteiger partial charge < -0.3 is 10.2 Å². The Hall–Kier alpha value is -1.50. The van der Waals surface area contributed by atoms with E-state index in [1.165, 1.54) is 6.08 Å². The first kappa shape index (κ1) is 17.8. The molecule has 2 amide bonds. The third-order valence-corrected chi connectivity index (χ3v) is 4.66. The number of amides is 2. The van der Waals surface area contributed by atoms with Gasteiger partial charge in [-0.15, -0.1) is 0 Å². The minimum atomic E-state index is -0.291. The lowest BCUT2D eigenvalue weighted by molar-refractivity contribution is -0.133. The quantitative estimate of drug-likeness (QED) is 0.649. The maximum absolute atomic E-state index is 12.1. The lowest BCUT2D eigenvalue weighted by atomic mass is 10.2. The van der Waals surface area contributed by atoms with E-state index in [9.17, 15) is 9.59 Å². The van der Waals surface area contributed by atoms with E-state index in [1.54, 1.807) is 35.1 Å². The summed E-state index contributed by atoms with van der Waals surface area (Å²) in [5.41, 5.74) is 0.840. The van der Waals surface area contributed by atoms with Crippen LogP contribution in [0.5, 0.6) is 0 Å². The molecule has 1 N–H and O–H groups in total. The molecule has 0 saturated carbocycles. The Morgan fingerprint density at radius 1 is 1.30 bits per heavy atom. The van der Waals surface area contributed by atoms with E-state index in [-0.39, 0.29) is 18.4 Å². The smallest absolute Gasteiger partial charge is 0.244 e. The van der Waals surface area contributed by atoms with Crippen LogP contribution in [-0.2, 0) is 9.59 Å². The van der Waals surface area contributed by atoms with E-state index in [1.807, 2.05) is 18.4 Å². The lowest BCUT2D eigenvalue weighted by Crippen LogP contribution is -2.49. The molecule has 1 fully saturated rings. The van der Waals surface area contributed by atoms with Crippen LogP contribution in [0.2, 0.25) is 5.02 Å². The van der Waals surface area contributed by atoms with Crippen LogP contribution in [0.3, 0.4) is 0 Å². The Morgan fingerprint density at radius 3 is 2.70 bits per heavy atom. The van der Waals surface area contributed by atoms with E-state index in [2.05, 4.69) is 9.62 Å². The number of piperazine rings is 1. The summed E-state index contributed by atoms with van der Waals surface area (Å²) in [6.07, 6.45) is 5.11. The summed E-state index contributed by atoms with van der Waals surface area (Å²) in [7, 11) is 0. The van der Waals surface area contributed by atoms with E-state index in [0.717, 1.165) is 18.7 Å². The molecule has 1 aromatic carbocycles. The number of halogens is 1. The van der Waals surface area contributed by atoms with Crippen molar-refractivity contribution in [3.05, 3.63) is 40.9 Å². The molecule has 5 nitrogen and oxygen atoms in total. The van der Waals surface area contributed by atoms with Gasteiger partial charge in [0, 0.05) is 37.3 Å². The molecule has 2 rings (SSSR count). The molecule has 1 aromatic rings. The fraction of sp³-hybridized carbons (Fsp3) is 0.375. The van der Waals surface area contributed by atoms with Gasteiger partial charge in [0.1, 0.15) is 0 Å². The van der Waals surface area contributed by atoms with Crippen LogP contribution >= 0.6 is 23.5 Å². The average Bonchev–Trinajstić information content (AvgIpc) is 2.58. The van der Waals surface area contributed by atoms with Gasteiger partial charge in [-0.05, 0) is 30.0 Å². The van der Waals surface area contributed by atoms with E-state index in [0.29, 0.717) is 18.1 Å². The van der Waals surface area contributed by atoms with Gasteiger partial charge in [0.2, 0.25) is 11.8 Å². The van der Waals surface area contributed by atoms with Crippen molar-refractivity contribution in [3.63, 3.8) is 0 Å². The summed E-state index contributed by atoms with van der Waals surface area (Å²) in [5, 5.41) is 3.24. The van der Waals surface area contributed by atoms with Gasteiger partial charge in [-0.3, -0.25) is 9.59 Å². The van der Waals surface area contributed by atoms with Crippen molar-refractivity contribution in [1.29, 1.82) is 0 Å². The molecule has 0 aliphatic carbocycles. The van der Waals surface area contributed by atoms with E-state index in [4.69, 9.17) is 11.6 Å². The molecule has 23 heavy (non-hydrogen) atoms. The van der Waals surface area contributed by atoms with Gasteiger partial charge in [-0.25, -0.2) is 4.31 Å². The Morgan fingerprint density at radius 2 is 2.04 bits per heavy atom. The van der Waals surface area contributed by atoms with Crippen LogP contribution in [0.25, 0.3) is 6.08 Å². The number of benzene rings is 1. The lowest BCUT2D eigenvalue weighted by Gasteiger charge is -2.33. The second-order valence-corrected chi connectivity index (χ2v) is 6.42. The average molecular weight is 354 g/mol. The predicted molar refractivity (Wildman–Crippen MR) is 95.2 cm³/mol. The first-order valence-electron chi connectivity index (χ1n) is 7.37. The molecule has 0 unspecified atom stereocenters. The van der Waals surface area contributed by atoms with Crippen LogP contribution in [0.1, 0.15) is 5.56 Å². The molecule has 1 aliphatic rings. The highest BCUT2D eigenvalue weighted by Gasteiger charge is 2.20. The van der Waals surface area contributed by atoms with Gasteiger partial charge in [0.25, 0.3) is 0 Å². The zero-order valence-electron chi connectivity index (χ0n) is 13.0. The zero-order valence-corrected chi connectivity index (χ0v) is 14.6. The van der Waals surface area contributed by atoms with E-state index < -0.39 is 0 Å². The van der Waals surface area contributed by atoms with Crippen molar-refractivity contribution >= 4 is 41.4 Å². The first-order chi connectivity index (χ1) is 11.1. The highest BCUT2D eigenvalue weighted by molar-refractivity contribution is 7.96. The normalized spacial score (nSPS) is 15.8. The molecular weight excluding hydrogens is 334 g/mol. The number of carbonyl (C=O) groups excluding carboxylic acids is 2. The molecule has 0 aromatic heterocycles. The maximum atomic E-state index is 12.1. The molecule has 0 atom stereocenters. The van der Waals surface area contributed by atoms with Crippen LogP contribution in [0.15, 0.2) is 30.3 Å². The predicted octanol–water partition coefficient (Wildman–Crippen LogP) is 1.89. The van der Waals surface area contributed by atoms with Crippen molar-refractivity contribution in [2.45, 2.75) is 0 Å². The molecule has 1 aliphatic heterocycles. The van der Waals surface area contributed by atoms with Crippen molar-refractivity contribution < 1.29 is 9.59 Å². The third-order valence-electron chi connectivity index (χ3n) is 3.54. The minimum absolute atomic E-state index is 0.0258. The largest absolute Gasteiger partial charge is 0.343 e. The number of nitrogens with zero attached hydrogens (tertiary/aromatic N) is 2. The zero-order chi connectivity index (χ0) is 16.7. The Bertz CT molecular complexity index is 586. The van der Waals surface area contributed by atoms with Gasteiger partial charge in [0.15, 0.2) is 0 Å². The fourth-order valence-corrected chi connectivity index (χ4v) is 2.96. The van der Waals surface area contributed by atoms with Crippen molar-refractivity contribution in [2.75, 3.05) is 39.0 Å². The molecule has 124 valence electrons. The summed E-state index contributed by atoms with van der Waals surface area (Å²) >= 11 is 7.57. The standard InChI is InChI=1S/C16H20ClN3O2S/c1-23-20-9-7-19(8-10-20)16(22)12-18-15(21)6-5-13-3-2-4-14(17)11-13/h2-6,11H,7-10,12H2,1H3,(H,18,21)/b6-5+. The summed E-state index contributed by atoms with van der Waals surface area (Å²) < 4.78 is 2.22. The highest BCUT2D eigenvalue weighted by atomic mass is 35.5. The van der Waals surface area contributed by atoms with Crippen molar-refractivity contribution in [1.82, 2.24) is 14.5 Å². The van der Waals surface area contributed by atoms with Crippen LogP contribution in [0.4, 0.5) is 0 Å². The van der Waals surface area contributed by atoms with Crippen LogP contribution in [-0.4, -0.2) is 60.0 Å². The summed E-state index contributed by atoms with van der Waals surface area (Å²) in [6, 6.07) is 7.21. The molecular formula is C16H20ClN3O2S. The van der Waals surface area contributed by atoms with E-state index >= 15 is 0 Å². The van der Waals surface area contributed by atoms with Crippen LogP contribution < -0.4 is 5.32 Å². The van der Waals surface area contributed by atoms with Crippen molar-refractivity contribution in [3.8, 4) is 0 Å². The number of hydrogen-bond donors (Lipinski definition) is 1. The molecule has 0 bridgehead atoms. The second-order valence-electron chi connectivity index (χ2n) is 5.10. The second kappa shape index (κ2) is 8.96. The number of carbonyl (C=O) groups is 2. The fourth-order valence-electron chi connectivity index (χ4n) is 2.24. The first-order valence-corrected chi connectivity index (χ1v) is 8.93. The minimum Gasteiger partial charge on any atom is -0.343 e. The van der Waals surface area contributed by atoms with Gasteiger partial charge >= 0.3 is 0 Å². The van der Waals surface area contributed by atoms with Gasteiger partial charge in [-0.1, -0.05) is 35.7 Å². The SMILES string of the molecule is CSN1CCN(C(=O)CNC(=O)/C=C/c2cccc(Cl)c2)CC1. The monoisotopic (exact) mass is 353 g/mol. The Kier molecular flexibility index (Phi) is 6.95. The third kappa shape index (κ3) is 5.89. The molecule has 7 heteroatoms. The molecule has 0 spiro atoms. The molecule has 1 heterocycles.